The fourth-order valence-corrected chi connectivity index (χ4v) is 4.17. The molecule has 1 N–H and O–H groups in total. The lowest BCUT2D eigenvalue weighted by atomic mass is 10.2. The number of nitrogens with zero attached hydrogens (tertiary/aromatic N) is 3. The van der Waals surface area contributed by atoms with Crippen molar-refractivity contribution in [1.29, 1.82) is 0 Å². The van der Waals surface area contributed by atoms with Crippen LogP contribution in [0.15, 0.2) is 29.6 Å². The highest BCUT2D eigenvalue weighted by atomic mass is 32.1. The Morgan fingerprint density at radius 2 is 2.07 bits per heavy atom. The van der Waals surface area contributed by atoms with E-state index >= 15 is 0 Å². The molecule has 6 nitrogen and oxygen atoms in total. The van der Waals surface area contributed by atoms with Crippen molar-refractivity contribution in [2.24, 2.45) is 0 Å². The Hall–Kier alpha value is -2.41. The molecule has 1 saturated heterocycles. The summed E-state index contributed by atoms with van der Waals surface area (Å²) < 4.78 is 0. The van der Waals surface area contributed by atoms with Gasteiger partial charge < -0.3 is 10.2 Å². The molecule has 1 aromatic carbocycles. The van der Waals surface area contributed by atoms with E-state index in [2.05, 4.69) is 36.0 Å². The van der Waals surface area contributed by atoms with Crippen LogP contribution in [0.5, 0.6) is 0 Å². The molecule has 7 heteroatoms. The van der Waals surface area contributed by atoms with Crippen LogP contribution in [-0.2, 0) is 16.0 Å². The zero-order valence-electron chi connectivity index (χ0n) is 16.1. The smallest absolute Gasteiger partial charge is 0.230 e. The molecule has 0 atom stereocenters. The summed E-state index contributed by atoms with van der Waals surface area (Å²) in [6.07, 6.45) is 1.65. The van der Waals surface area contributed by atoms with E-state index in [1.165, 1.54) is 11.3 Å². The molecule has 27 heavy (non-hydrogen) atoms. The predicted octanol–water partition coefficient (Wildman–Crippen LogP) is 3.69. The van der Waals surface area contributed by atoms with Gasteiger partial charge in [-0.15, -0.1) is 11.3 Å². The van der Waals surface area contributed by atoms with E-state index in [1.807, 2.05) is 29.6 Å². The van der Waals surface area contributed by atoms with Crippen LogP contribution in [0.4, 0.5) is 16.5 Å². The molecule has 0 saturated carbocycles. The van der Waals surface area contributed by atoms with Crippen molar-refractivity contribution >= 4 is 39.7 Å². The van der Waals surface area contributed by atoms with E-state index in [9.17, 15) is 9.59 Å². The Morgan fingerprint density at radius 1 is 1.33 bits per heavy atom. The molecule has 3 rings (SSSR count). The summed E-state index contributed by atoms with van der Waals surface area (Å²) in [6.45, 7) is 8.12. The number of thiazole rings is 1. The highest BCUT2D eigenvalue weighted by Crippen LogP contribution is 2.25. The van der Waals surface area contributed by atoms with Gasteiger partial charge in [0.2, 0.25) is 11.8 Å². The molecule has 0 bridgehead atoms. The van der Waals surface area contributed by atoms with Gasteiger partial charge in [-0.2, -0.15) is 0 Å². The van der Waals surface area contributed by atoms with E-state index in [0.29, 0.717) is 23.3 Å². The van der Waals surface area contributed by atoms with E-state index in [-0.39, 0.29) is 18.2 Å². The largest absolute Gasteiger partial charge is 0.369 e. The van der Waals surface area contributed by atoms with Crippen molar-refractivity contribution in [3.05, 3.63) is 35.3 Å². The lowest BCUT2D eigenvalue weighted by Crippen LogP contribution is -2.30. The summed E-state index contributed by atoms with van der Waals surface area (Å²) >= 11 is 1.42. The first-order valence-corrected chi connectivity index (χ1v) is 10.3. The highest BCUT2D eigenvalue weighted by Gasteiger charge is 2.24. The Kier molecular flexibility index (Phi) is 6.11. The number of benzene rings is 1. The first kappa shape index (κ1) is 19.4. The standard InChI is InChI=1S/C20H26N4O2S/c1-4-23(14(2)3)17-9-7-15(8-10-17)21-18(25)12-16-13-27-20(22-16)24-11-5-6-19(24)26/h7-10,13-14H,4-6,11-12H2,1-3H3,(H,21,25). The van der Waals surface area contributed by atoms with Gasteiger partial charge in [0, 0.05) is 42.3 Å². The summed E-state index contributed by atoms with van der Waals surface area (Å²) in [6, 6.07) is 8.33. The van der Waals surface area contributed by atoms with Crippen molar-refractivity contribution in [2.75, 3.05) is 28.2 Å². The van der Waals surface area contributed by atoms with Crippen molar-refractivity contribution in [2.45, 2.75) is 46.1 Å². The minimum absolute atomic E-state index is 0.108. The summed E-state index contributed by atoms with van der Waals surface area (Å²) in [5.41, 5.74) is 2.61. The van der Waals surface area contributed by atoms with E-state index in [0.717, 1.165) is 30.9 Å². The average Bonchev–Trinajstić information content (AvgIpc) is 3.25. The number of carbonyl (C=O) groups excluding carboxylic acids is 2. The maximum absolute atomic E-state index is 12.3. The van der Waals surface area contributed by atoms with E-state index < -0.39 is 0 Å². The van der Waals surface area contributed by atoms with Crippen LogP contribution in [0.25, 0.3) is 0 Å². The third kappa shape index (κ3) is 4.66. The molecule has 0 spiro atoms. The molecule has 2 amide bonds. The molecule has 1 aromatic heterocycles. The second kappa shape index (κ2) is 8.52. The zero-order valence-corrected chi connectivity index (χ0v) is 16.9. The maximum atomic E-state index is 12.3. The molecule has 2 aromatic rings. The normalized spacial score (nSPS) is 14.1. The first-order chi connectivity index (χ1) is 13.0. The predicted molar refractivity (Wildman–Crippen MR) is 111 cm³/mol. The summed E-state index contributed by atoms with van der Waals surface area (Å²) in [7, 11) is 0. The second-order valence-corrected chi connectivity index (χ2v) is 7.76. The molecule has 0 unspecified atom stereocenters. The van der Waals surface area contributed by atoms with E-state index in [1.54, 1.807) is 4.90 Å². The van der Waals surface area contributed by atoms with Gasteiger partial charge in [0.05, 0.1) is 12.1 Å². The quantitative estimate of drug-likeness (QED) is 0.788. The summed E-state index contributed by atoms with van der Waals surface area (Å²) in [4.78, 5) is 32.6. The monoisotopic (exact) mass is 386 g/mol. The topological polar surface area (TPSA) is 65.5 Å². The summed E-state index contributed by atoms with van der Waals surface area (Å²) in [5, 5.41) is 5.46. The molecule has 144 valence electrons. The van der Waals surface area contributed by atoms with Crippen molar-refractivity contribution < 1.29 is 9.59 Å². The van der Waals surface area contributed by atoms with Gasteiger partial charge in [0.1, 0.15) is 0 Å². The fourth-order valence-electron chi connectivity index (χ4n) is 3.30. The number of anilines is 3. The molecular weight excluding hydrogens is 360 g/mol. The number of hydrogen-bond acceptors (Lipinski definition) is 5. The van der Waals surface area contributed by atoms with Gasteiger partial charge in [0.15, 0.2) is 5.13 Å². The Bertz CT molecular complexity index is 801. The molecule has 2 heterocycles. The number of hydrogen-bond donors (Lipinski definition) is 1. The van der Waals surface area contributed by atoms with Crippen molar-refractivity contribution in [3.63, 3.8) is 0 Å². The third-order valence-corrected chi connectivity index (χ3v) is 5.54. The first-order valence-electron chi connectivity index (χ1n) is 9.39. The Morgan fingerprint density at radius 3 is 2.67 bits per heavy atom. The number of carbonyl (C=O) groups is 2. The second-order valence-electron chi connectivity index (χ2n) is 6.92. The average molecular weight is 387 g/mol. The number of nitrogens with one attached hydrogen (secondary N) is 1. The molecule has 1 fully saturated rings. The summed E-state index contributed by atoms with van der Waals surface area (Å²) in [5.74, 6) is 0.00603. The van der Waals surface area contributed by atoms with Crippen LogP contribution < -0.4 is 15.1 Å². The van der Waals surface area contributed by atoms with Gasteiger partial charge in [-0.05, 0) is 51.5 Å². The van der Waals surface area contributed by atoms with Gasteiger partial charge in [-0.1, -0.05) is 0 Å². The van der Waals surface area contributed by atoms with E-state index in [4.69, 9.17) is 0 Å². The van der Waals surface area contributed by atoms with Crippen LogP contribution in [0, 0.1) is 0 Å². The fraction of sp³-hybridized carbons (Fsp3) is 0.450. The van der Waals surface area contributed by atoms with Crippen LogP contribution in [0.3, 0.4) is 0 Å². The minimum Gasteiger partial charge on any atom is -0.369 e. The Balaban J connectivity index is 1.58. The minimum atomic E-state index is -0.108. The molecule has 0 aliphatic carbocycles. The number of aromatic nitrogens is 1. The van der Waals surface area contributed by atoms with Crippen LogP contribution in [0.1, 0.15) is 39.3 Å². The zero-order chi connectivity index (χ0) is 19.4. The molecule has 0 radical (unpaired) electrons. The highest BCUT2D eigenvalue weighted by molar-refractivity contribution is 7.14. The van der Waals surface area contributed by atoms with Gasteiger partial charge in [-0.25, -0.2) is 4.98 Å². The number of rotatable bonds is 7. The lowest BCUT2D eigenvalue weighted by molar-refractivity contribution is -0.117. The van der Waals surface area contributed by atoms with Gasteiger partial charge in [0.25, 0.3) is 0 Å². The Labute approximate surface area is 164 Å². The van der Waals surface area contributed by atoms with Gasteiger partial charge >= 0.3 is 0 Å². The third-order valence-electron chi connectivity index (χ3n) is 4.63. The van der Waals surface area contributed by atoms with Crippen LogP contribution in [0.2, 0.25) is 0 Å². The van der Waals surface area contributed by atoms with Crippen molar-refractivity contribution in [1.82, 2.24) is 4.98 Å². The SMILES string of the molecule is CCN(c1ccc(NC(=O)Cc2csc(N3CCCC3=O)n2)cc1)C(C)C. The van der Waals surface area contributed by atoms with Crippen molar-refractivity contribution in [3.8, 4) is 0 Å². The van der Waals surface area contributed by atoms with Gasteiger partial charge in [-0.3, -0.25) is 14.5 Å². The number of amides is 2. The lowest BCUT2D eigenvalue weighted by Gasteiger charge is -2.27. The molecule has 1 aliphatic heterocycles. The molecule has 1 aliphatic rings. The van der Waals surface area contributed by atoms with Crippen LogP contribution in [-0.4, -0.2) is 35.9 Å². The molecular formula is C20H26N4O2S. The van der Waals surface area contributed by atoms with Crippen LogP contribution >= 0.6 is 11.3 Å². The maximum Gasteiger partial charge on any atom is 0.230 e.